The van der Waals surface area contributed by atoms with Gasteiger partial charge in [0.15, 0.2) is 0 Å². The number of aromatic hydroxyl groups is 1. The van der Waals surface area contributed by atoms with Gasteiger partial charge in [0.05, 0.1) is 0 Å². The van der Waals surface area contributed by atoms with E-state index >= 15 is 0 Å². The summed E-state index contributed by atoms with van der Waals surface area (Å²) < 4.78 is 0. The summed E-state index contributed by atoms with van der Waals surface area (Å²) in [7, 11) is 2.28. The minimum Gasteiger partial charge on any atom is -0.508 e. The van der Waals surface area contributed by atoms with E-state index in [1.165, 1.54) is 49.8 Å². The third-order valence-electron chi connectivity index (χ3n) is 5.32. The largest absolute Gasteiger partial charge is 0.508 e. The average molecular weight is 340 g/mol. The first-order chi connectivity index (χ1) is 9.17. The van der Waals surface area contributed by atoms with E-state index in [9.17, 15) is 5.11 Å². The number of hydrogen-bond acceptors (Lipinski definition) is 2. The molecule has 1 saturated heterocycles. The van der Waals surface area contributed by atoms with Crippen molar-refractivity contribution in [2.24, 2.45) is 0 Å². The molecule has 0 spiro atoms. The molecule has 0 saturated carbocycles. The second-order valence-electron chi connectivity index (χ2n) is 6.39. The fraction of sp³-hybridized carbons (Fsp3) is 0.647. The number of hydrogen-bond donors (Lipinski definition) is 1. The molecule has 2 atom stereocenters. The van der Waals surface area contributed by atoms with Crippen LogP contribution < -0.4 is 0 Å². The Kier molecular flexibility index (Phi) is 4.80. The van der Waals surface area contributed by atoms with E-state index in [4.69, 9.17) is 0 Å². The molecule has 0 aromatic heterocycles. The second kappa shape index (κ2) is 6.07. The lowest BCUT2D eigenvalue weighted by Gasteiger charge is -2.53. The average Bonchev–Trinajstić information content (AvgIpc) is 2.39. The molecule has 0 radical (unpaired) electrons. The van der Waals surface area contributed by atoms with Crippen molar-refractivity contribution in [1.29, 1.82) is 0 Å². The van der Waals surface area contributed by atoms with Crippen LogP contribution in [0.15, 0.2) is 18.2 Å². The maximum absolute atomic E-state index is 9.91. The molecule has 3 heteroatoms. The monoisotopic (exact) mass is 339 g/mol. The van der Waals surface area contributed by atoms with Gasteiger partial charge < -0.3 is 10.0 Å². The third kappa shape index (κ3) is 2.39. The van der Waals surface area contributed by atoms with E-state index in [0.717, 1.165) is 6.42 Å². The molecule has 1 aromatic rings. The van der Waals surface area contributed by atoms with E-state index in [1.54, 1.807) is 0 Å². The van der Waals surface area contributed by atoms with Crippen LogP contribution in [-0.4, -0.2) is 29.6 Å². The highest BCUT2D eigenvalue weighted by molar-refractivity contribution is 8.93. The number of rotatable bonds is 2. The summed E-state index contributed by atoms with van der Waals surface area (Å²) in [5, 5.41) is 9.91. The second-order valence-corrected chi connectivity index (χ2v) is 6.39. The lowest BCUT2D eigenvalue weighted by molar-refractivity contribution is 0.0669. The number of fused-ring (bicyclic) bond motifs is 3. The standard InChI is InChI=1S/C17H25NO.BrH/c1-3-9-17-10-4-11-18(2)16(17)8-6-13-5-7-14(19)12-15(13)17;/h5,7,12,16,19H,3-4,6,8-11H2,1-2H3;1H/t16-,17+;/m1./s1. The predicted molar refractivity (Wildman–Crippen MR) is 89.0 cm³/mol. The van der Waals surface area contributed by atoms with Crippen LogP contribution in [0.2, 0.25) is 0 Å². The fourth-order valence-electron chi connectivity index (χ4n) is 4.61. The van der Waals surface area contributed by atoms with Gasteiger partial charge in [-0.05, 0) is 69.0 Å². The summed E-state index contributed by atoms with van der Waals surface area (Å²) in [5.74, 6) is 0.433. The number of aryl methyl sites for hydroxylation is 1. The first-order valence-corrected chi connectivity index (χ1v) is 7.70. The van der Waals surface area contributed by atoms with Crippen molar-refractivity contribution in [2.45, 2.75) is 56.9 Å². The zero-order chi connectivity index (χ0) is 13.5. The van der Waals surface area contributed by atoms with Crippen molar-refractivity contribution in [3.05, 3.63) is 29.3 Å². The zero-order valence-corrected chi connectivity index (χ0v) is 14.3. The highest BCUT2D eigenvalue weighted by Crippen LogP contribution is 2.49. The molecular weight excluding hydrogens is 314 g/mol. The molecule has 3 rings (SSSR count). The summed E-state index contributed by atoms with van der Waals surface area (Å²) >= 11 is 0. The number of halogens is 1. The van der Waals surface area contributed by atoms with E-state index in [1.807, 2.05) is 6.07 Å². The number of nitrogens with zero attached hydrogens (tertiary/aromatic N) is 1. The van der Waals surface area contributed by atoms with E-state index in [0.29, 0.717) is 11.8 Å². The van der Waals surface area contributed by atoms with Gasteiger partial charge in [-0.3, -0.25) is 0 Å². The van der Waals surface area contributed by atoms with Crippen LogP contribution in [0.1, 0.15) is 50.2 Å². The highest BCUT2D eigenvalue weighted by Gasteiger charge is 2.46. The molecular formula is C17H26BrNO. The Morgan fingerprint density at radius 2 is 2.20 bits per heavy atom. The SMILES string of the molecule is Br.CCC[C@@]12CCCN(C)[C@@H]1CCc1ccc(O)cc12. The van der Waals surface area contributed by atoms with Crippen molar-refractivity contribution in [1.82, 2.24) is 4.90 Å². The third-order valence-corrected chi connectivity index (χ3v) is 5.32. The molecule has 1 aliphatic carbocycles. The van der Waals surface area contributed by atoms with E-state index in [-0.39, 0.29) is 22.4 Å². The summed E-state index contributed by atoms with van der Waals surface area (Å²) in [5.41, 5.74) is 3.20. The molecule has 20 heavy (non-hydrogen) atoms. The molecule has 1 fully saturated rings. The molecule has 1 heterocycles. The fourth-order valence-corrected chi connectivity index (χ4v) is 4.61. The van der Waals surface area contributed by atoms with Crippen molar-refractivity contribution < 1.29 is 5.11 Å². The number of phenolic OH excluding ortho intramolecular Hbond substituents is 1. The van der Waals surface area contributed by atoms with Crippen LogP contribution in [-0.2, 0) is 11.8 Å². The van der Waals surface area contributed by atoms with Gasteiger partial charge in [0, 0.05) is 11.5 Å². The highest BCUT2D eigenvalue weighted by atomic mass is 79.9. The number of piperidine rings is 1. The quantitative estimate of drug-likeness (QED) is 0.878. The van der Waals surface area contributed by atoms with Gasteiger partial charge >= 0.3 is 0 Å². The van der Waals surface area contributed by atoms with Gasteiger partial charge in [0.2, 0.25) is 0 Å². The van der Waals surface area contributed by atoms with Crippen molar-refractivity contribution in [3.63, 3.8) is 0 Å². The Morgan fingerprint density at radius 1 is 1.40 bits per heavy atom. The molecule has 112 valence electrons. The topological polar surface area (TPSA) is 23.5 Å². The summed E-state index contributed by atoms with van der Waals surface area (Å²) in [6, 6.07) is 6.71. The molecule has 0 bridgehead atoms. The van der Waals surface area contributed by atoms with Crippen molar-refractivity contribution in [2.75, 3.05) is 13.6 Å². The summed E-state index contributed by atoms with van der Waals surface area (Å²) in [6.45, 7) is 3.52. The van der Waals surface area contributed by atoms with Crippen LogP contribution in [0.5, 0.6) is 5.75 Å². The Bertz CT molecular complexity index is 472. The smallest absolute Gasteiger partial charge is 0.115 e. The number of likely N-dealkylation sites (N-methyl/N-ethyl adjacent to an activating group) is 1. The maximum Gasteiger partial charge on any atom is 0.115 e. The lowest BCUT2D eigenvalue weighted by atomic mass is 9.60. The maximum atomic E-state index is 9.91. The molecule has 1 aromatic carbocycles. The zero-order valence-electron chi connectivity index (χ0n) is 12.6. The Balaban J connectivity index is 0.00000147. The molecule has 2 nitrogen and oxygen atoms in total. The summed E-state index contributed by atoms with van der Waals surface area (Å²) in [4.78, 5) is 2.56. The van der Waals surface area contributed by atoms with Crippen molar-refractivity contribution in [3.8, 4) is 5.75 Å². The van der Waals surface area contributed by atoms with Crippen LogP contribution in [0.25, 0.3) is 0 Å². The number of benzene rings is 1. The van der Waals surface area contributed by atoms with Gasteiger partial charge in [-0.15, -0.1) is 17.0 Å². The van der Waals surface area contributed by atoms with Gasteiger partial charge in [-0.1, -0.05) is 19.4 Å². The van der Waals surface area contributed by atoms with Crippen LogP contribution in [0, 0.1) is 0 Å². The minimum absolute atomic E-state index is 0. The first-order valence-electron chi connectivity index (χ1n) is 7.70. The number of phenols is 1. The minimum atomic E-state index is 0. The van der Waals surface area contributed by atoms with Gasteiger partial charge in [0.25, 0.3) is 0 Å². The van der Waals surface area contributed by atoms with Crippen LogP contribution in [0.3, 0.4) is 0 Å². The molecule has 0 unspecified atom stereocenters. The lowest BCUT2D eigenvalue weighted by Crippen LogP contribution is -2.55. The molecule has 0 amide bonds. The predicted octanol–water partition coefficient (Wildman–Crippen LogP) is 4.05. The van der Waals surface area contributed by atoms with E-state index < -0.39 is 0 Å². The van der Waals surface area contributed by atoms with Gasteiger partial charge in [-0.2, -0.15) is 0 Å². The number of likely N-dealkylation sites (tertiary alicyclic amines) is 1. The van der Waals surface area contributed by atoms with Crippen LogP contribution in [0.4, 0.5) is 0 Å². The molecule has 1 N–H and O–H groups in total. The van der Waals surface area contributed by atoms with Gasteiger partial charge in [-0.25, -0.2) is 0 Å². The Hall–Kier alpha value is -0.540. The Labute approximate surface area is 133 Å². The first kappa shape index (κ1) is 15.8. The van der Waals surface area contributed by atoms with Crippen LogP contribution >= 0.6 is 17.0 Å². The van der Waals surface area contributed by atoms with Gasteiger partial charge in [0.1, 0.15) is 5.75 Å². The molecule has 2 aliphatic rings. The Morgan fingerprint density at radius 3 is 2.95 bits per heavy atom. The van der Waals surface area contributed by atoms with Crippen molar-refractivity contribution >= 4 is 17.0 Å². The summed E-state index contributed by atoms with van der Waals surface area (Å²) in [6.07, 6.45) is 7.47. The van der Waals surface area contributed by atoms with E-state index in [2.05, 4.69) is 31.0 Å². The molecule has 1 aliphatic heterocycles. The normalized spacial score (nSPS) is 29.2.